The van der Waals surface area contributed by atoms with Gasteiger partial charge in [-0.3, -0.25) is 4.79 Å². The minimum absolute atomic E-state index is 0.00870. The van der Waals surface area contributed by atoms with Gasteiger partial charge in [0.1, 0.15) is 0 Å². The zero-order valence-electron chi connectivity index (χ0n) is 9.91. The topological polar surface area (TPSA) is 41.1 Å². The van der Waals surface area contributed by atoms with Crippen molar-refractivity contribution in [3.63, 3.8) is 0 Å². The monoisotopic (exact) mass is 238 g/mol. The third kappa shape index (κ3) is 4.68. The summed E-state index contributed by atoms with van der Waals surface area (Å²) in [5, 5.41) is 5.91. The Morgan fingerprint density at radius 2 is 1.94 bits per heavy atom. The molecule has 0 bridgehead atoms. The normalized spacial score (nSPS) is 10.5. The Bertz CT molecular complexity index is 335. The highest BCUT2D eigenvalue weighted by atomic mass is 32.2. The molecular weight excluding hydrogens is 220 g/mol. The Kier molecular flexibility index (Phi) is 5.35. The zero-order valence-corrected chi connectivity index (χ0v) is 10.7. The molecule has 3 nitrogen and oxygen atoms in total. The van der Waals surface area contributed by atoms with Crippen LogP contribution in [0.2, 0.25) is 0 Å². The average molecular weight is 238 g/mol. The quantitative estimate of drug-likeness (QED) is 0.774. The van der Waals surface area contributed by atoms with Crippen LogP contribution in [0.5, 0.6) is 0 Å². The summed E-state index contributed by atoms with van der Waals surface area (Å²) in [5.41, 5.74) is 0.841. The zero-order chi connectivity index (χ0) is 12.0. The first-order valence-corrected chi connectivity index (χ1v) is 6.51. The van der Waals surface area contributed by atoms with Gasteiger partial charge in [-0.2, -0.15) is 0 Å². The molecule has 88 valence electrons. The summed E-state index contributed by atoms with van der Waals surface area (Å²) in [6.07, 6.45) is 2.03. The number of hydrogen-bond acceptors (Lipinski definition) is 3. The molecule has 0 aliphatic carbocycles. The molecule has 0 spiro atoms. The molecule has 4 heteroatoms. The molecular formula is C12H18N2OS. The molecule has 16 heavy (non-hydrogen) atoms. The van der Waals surface area contributed by atoms with Crippen LogP contribution in [0.25, 0.3) is 0 Å². The van der Waals surface area contributed by atoms with E-state index < -0.39 is 0 Å². The van der Waals surface area contributed by atoms with Gasteiger partial charge in [0.2, 0.25) is 5.91 Å². The Balaban J connectivity index is 2.43. The molecule has 0 saturated carbocycles. The van der Waals surface area contributed by atoms with Crippen LogP contribution in [0, 0.1) is 0 Å². The number of hydrogen-bond donors (Lipinski definition) is 2. The van der Waals surface area contributed by atoms with Crippen LogP contribution < -0.4 is 10.6 Å². The summed E-state index contributed by atoms with van der Waals surface area (Å²) in [5.74, 6) is -0.00870. The Hall–Kier alpha value is -1.00. The highest BCUT2D eigenvalue weighted by molar-refractivity contribution is 7.98. The fourth-order valence-corrected chi connectivity index (χ4v) is 1.58. The number of benzene rings is 1. The van der Waals surface area contributed by atoms with Gasteiger partial charge in [-0.15, -0.1) is 11.8 Å². The number of amides is 1. The van der Waals surface area contributed by atoms with Crippen molar-refractivity contribution < 1.29 is 4.79 Å². The molecule has 0 unspecified atom stereocenters. The lowest BCUT2D eigenvalue weighted by Crippen LogP contribution is -2.32. The van der Waals surface area contributed by atoms with Gasteiger partial charge in [-0.05, 0) is 30.5 Å². The van der Waals surface area contributed by atoms with E-state index in [1.54, 1.807) is 11.8 Å². The fraction of sp³-hybridized carbons (Fsp3) is 0.417. The maximum absolute atomic E-state index is 11.5. The molecule has 1 rings (SSSR count). The second kappa shape index (κ2) is 6.55. The van der Waals surface area contributed by atoms with Crippen LogP contribution >= 0.6 is 11.8 Å². The van der Waals surface area contributed by atoms with E-state index in [4.69, 9.17) is 0 Å². The van der Waals surface area contributed by atoms with Crippen LogP contribution in [0.4, 0.5) is 5.69 Å². The van der Waals surface area contributed by atoms with E-state index in [0.717, 1.165) is 5.69 Å². The van der Waals surface area contributed by atoms with Crippen molar-refractivity contribution in [2.45, 2.75) is 24.8 Å². The lowest BCUT2D eigenvalue weighted by Gasteiger charge is -2.09. The van der Waals surface area contributed by atoms with Gasteiger partial charge in [0.05, 0.1) is 6.54 Å². The van der Waals surface area contributed by atoms with Gasteiger partial charge >= 0.3 is 0 Å². The highest BCUT2D eigenvalue weighted by Gasteiger charge is 2.02. The second-order valence-electron chi connectivity index (χ2n) is 3.81. The summed E-state index contributed by atoms with van der Waals surface area (Å²) in [4.78, 5) is 12.7. The number of rotatable bonds is 5. The van der Waals surface area contributed by atoms with Crippen LogP contribution in [-0.2, 0) is 4.79 Å². The largest absolute Gasteiger partial charge is 0.325 e. The molecule has 0 fully saturated rings. The van der Waals surface area contributed by atoms with Gasteiger partial charge in [0.15, 0.2) is 0 Å². The van der Waals surface area contributed by atoms with Gasteiger partial charge in [-0.1, -0.05) is 13.8 Å². The van der Waals surface area contributed by atoms with Crippen LogP contribution in [0.1, 0.15) is 13.8 Å². The second-order valence-corrected chi connectivity index (χ2v) is 4.69. The first-order chi connectivity index (χ1) is 7.61. The first-order valence-electron chi connectivity index (χ1n) is 5.29. The minimum Gasteiger partial charge on any atom is -0.325 e. The van der Waals surface area contributed by atoms with Crippen LogP contribution in [0.15, 0.2) is 29.2 Å². The summed E-state index contributed by atoms with van der Waals surface area (Å²) in [7, 11) is 0. The van der Waals surface area contributed by atoms with Gasteiger partial charge in [-0.25, -0.2) is 0 Å². The van der Waals surface area contributed by atoms with Gasteiger partial charge in [0, 0.05) is 16.6 Å². The van der Waals surface area contributed by atoms with Crippen LogP contribution in [-0.4, -0.2) is 24.7 Å². The maximum Gasteiger partial charge on any atom is 0.238 e. The van der Waals surface area contributed by atoms with E-state index in [9.17, 15) is 4.79 Å². The average Bonchev–Trinajstić information content (AvgIpc) is 2.27. The summed E-state index contributed by atoms with van der Waals surface area (Å²) >= 11 is 1.69. The summed E-state index contributed by atoms with van der Waals surface area (Å²) in [6, 6.07) is 8.15. The molecule has 0 radical (unpaired) electrons. The SMILES string of the molecule is CSc1ccc(NC(=O)CNC(C)C)cc1. The number of carbonyl (C=O) groups is 1. The number of nitrogens with one attached hydrogen (secondary N) is 2. The van der Waals surface area contributed by atoms with Crippen molar-refractivity contribution in [3.05, 3.63) is 24.3 Å². The minimum atomic E-state index is -0.00870. The number of anilines is 1. The Morgan fingerprint density at radius 1 is 1.31 bits per heavy atom. The molecule has 0 aliphatic rings. The van der Waals surface area contributed by atoms with Crippen molar-refractivity contribution in [3.8, 4) is 0 Å². The van der Waals surface area contributed by atoms with Crippen LogP contribution in [0.3, 0.4) is 0 Å². The van der Waals surface area contributed by atoms with E-state index >= 15 is 0 Å². The van der Waals surface area contributed by atoms with E-state index in [0.29, 0.717) is 12.6 Å². The smallest absolute Gasteiger partial charge is 0.238 e. The molecule has 0 aromatic heterocycles. The highest BCUT2D eigenvalue weighted by Crippen LogP contribution is 2.17. The van der Waals surface area contributed by atoms with E-state index in [2.05, 4.69) is 10.6 Å². The molecule has 2 N–H and O–H groups in total. The molecule has 0 aliphatic heterocycles. The summed E-state index contributed by atoms with van der Waals surface area (Å²) in [6.45, 7) is 4.38. The first kappa shape index (κ1) is 13.1. The van der Waals surface area contributed by atoms with Crippen molar-refractivity contribution in [2.24, 2.45) is 0 Å². The van der Waals surface area contributed by atoms with E-state index in [-0.39, 0.29) is 5.91 Å². The molecule has 0 saturated heterocycles. The molecule has 1 amide bonds. The van der Waals surface area contributed by atoms with E-state index in [1.165, 1.54) is 4.90 Å². The Morgan fingerprint density at radius 3 is 2.44 bits per heavy atom. The molecule has 1 aromatic rings. The van der Waals surface area contributed by atoms with Crippen molar-refractivity contribution >= 4 is 23.4 Å². The lowest BCUT2D eigenvalue weighted by atomic mass is 10.3. The predicted molar refractivity (Wildman–Crippen MR) is 70.0 cm³/mol. The van der Waals surface area contributed by atoms with E-state index in [1.807, 2.05) is 44.4 Å². The Labute approximate surface area is 101 Å². The molecule has 0 atom stereocenters. The van der Waals surface area contributed by atoms with Gasteiger partial charge in [0.25, 0.3) is 0 Å². The number of thioether (sulfide) groups is 1. The third-order valence-corrected chi connectivity index (χ3v) is 2.79. The standard InChI is InChI=1S/C12H18N2OS/c1-9(2)13-8-12(15)14-10-4-6-11(16-3)7-5-10/h4-7,9,13H,8H2,1-3H3,(H,14,15). The van der Waals surface area contributed by atoms with Crippen molar-refractivity contribution in [2.75, 3.05) is 18.1 Å². The molecule has 1 aromatic carbocycles. The van der Waals surface area contributed by atoms with Gasteiger partial charge < -0.3 is 10.6 Å². The van der Waals surface area contributed by atoms with Crippen molar-refractivity contribution in [1.82, 2.24) is 5.32 Å². The number of carbonyl (C=O) groups excluding carboxylic acids is 1. The predicted octanol–water partition coefficient (Wildman–Crippen LogP) is 2.35. The molecule has 0 heterocycles. The fourth-order valence-electron chi connectivity index (χ4n) is 1.18. The summed E-state index contributed by atoms with van der Waals surface area (Å²) < 4.78 is 0. The lowest BCUT2D eigenvalue weighted by molar-refractivity contribution is -0.115. The third-order valence-electron chi connectivity index (χ3n) is 2.04. The maximum atomic E-state index is 11.5. The van der Waals surface area contributed by atoms with Crippen molar-refractivity contribution in [1.29, 1.82) is 0 Å².